The highest BCUT2D eigenvalue weighted by atomic mass is 79.9. The summed E-state index contributed by atoms with van der Waals surface area (Å²) in [6.07, 6.45) is 0. The highest BCUT2D eigenvalue weighted by Gasteiger charge is 2.11. The van der Waals surface area contributed by atoms with Gasteiger partial charge in [-0.2, -0.15) is 0 Å². The number of phenolic OH excluding ortho intramolecular Hbond substituents is 1. The van der Waals surface area contributed by atoms with E-state index in [1.807, 2.05) is 0 Å². The molecule has 108 valence electrons. The van der Waals surface area contributed by atoms with Crippen LogP contribution in [0.2, 0.25) is 0 Å². The molecule has 0 heterocycles. The number of aromatic carboxylic acids is 1. The lowest BCUT2D eigenvalue weighted by atomic mass is 10.1. The summed E-state index contributed by atoms with van der Waals surface area (Å²) in [5.74, 6) is -1.43. The molecule has 3 N–H and O–H groups in total. The van der Waals surface area contributed by atoms with Gasteiger partial charge in [-0.25, -0.2) is 4.79 Å². The van der Waals surface area contributed by atoms with Crippen molar-refractivity contribution in [1.82, 2.24) is 0 Å². The molecular weight excluding hydrogens is 338 g/mol. The molecule has 0 fully saturated rings. The molecule has 2 aromatic rings. The zero-order valence-corrected chi connectivity index (χ0v) is 12.6. The van der Waals surface area contributed by atoms with Gasteiger partial charge in [0.05, 0.1) is 10.0 Å². The van der Waals surface area contributed by atoms with Gasteiger partial charge in [0, 0.05) is 11.3 Å². The lowest BCUT2D eigenvalue weighted by Crippen LogP contribution is -2.13. The quantitative estimate of drug-likeness (QED) is 0.792. The molecule has 0 aliphatic heterocycles. The lowest BCUT2D eigenvalue weighted by Gasteiger charge is -2.09. The largest absolute Gasteiger partial charge is 0.507 e. The van der Waals surface area contributed by atoms with Crippen LogP contribution in [0.4, 0.5) is 5.69 Å². The second-order valence-corrected chi connectivity index (χ2v) is 5.31. The van der Waals surface area contributed by atoms with Crippen LogP contribution < -0.4 is 5.32 Å². The monoisotopic (exact) mass is 349 g/mol. The Morgan fingerprint density at radius 2 is 1.76 bits per heavy atom. The summed E-state index contributed by atoms with van der Waals surface area (Å²) in [5, 5.41) is 21.2. The number of carboxylic acids is 1. The summed E-state index contributed by atoms with van der Waals surface area (Å²) in [4.78, 5) is 23.0. The first-order valence-corrected chi connectivity index (χ1v) is 6.81. The standard InChI is InChI=1S/C15H12BrNO4/c1-8-6-10(15(20)21)3-5-12(8)17-14(19)9-2-4-11(16)13(18)7-9/h2-7,18H,1H3,(H,17,19)(H,20,21). The molecule has 21 heavy (non-hydrogen) atoms. The topological polar surface area (TPSA) is 86.6 Å². The predicted molar refractivity (Wildman–Crippen MR) is 81.9 cm³/mol. The second kappa shape index (κ2) is 5.97. The summed E-state index contributed by atoms with van der Waals surface area (Å²) in [5.41, 5.74) is 1.63. The molecule has 2 rings (SSSR count). The van der Waals surface area contributed by atoms with Crippen molar-refractivity contribution >= 4 is 33.5 Å². The van der Waals surface area contributed by atoms with Gasteiger partial charge in [-0.05, 0) is 64.8 Å². The Morgan fingerprint density at radius 1 is 1.10 bits per heavy atom. The normalized spacial score (nSPS) is 10.2. The average molecular weight is 350 g/mol. The van der Waals surface area contributed by atoms with E-state index in [9.17, 15) is 14.7 Å². The van der Waals surface area contributed by atoms with E-state index in [4.69, 9.17) is 5.11 Å². The van der Waals surface area contributed by atoms with E-state index >= 15 is 0 Å². The smallest absolute Gasteiger partial charge is 0.335 e. The number of aromatic hydroxyl groups is 1. The summed E-state index contributed by atoms with van der Waals surface area (Å²) >= 11 is 3.14. The molecule has 0 radical (unpaired) electrons. The molecule has 0 aromatic heterocycles. The van der Waals surface area contributed by atoms with Gasteiger partial charge < -0.3 is 15.5 Å². The van der Waals surface area contributed by atoms with Crippen LogP contribution in [0.1, 0.15) is 26.3 Å². The van der Waals surface area contributed by atoms with E-state index < -0.39 is 5.97 Å². The Morgan fingerprint density at radius 3 is 2.33 bits per heavy atom. The fourth-order valence-corrected chi connectivity index (χ4v) is 2.03. The van der Waals surface area contributed by atoms with E-state index in [0.717, 1.165) is 0 Å². The maximum Gasteiger partial charge on any atom is 0.335 e. The van der Waals surface area contributed by atoms with Crippen LogP contribution in [0, 0.1) is 6.92 Å². The zero-order valence-electron chi connectivity index (χ0n) is 11.1. The van der Waals surface area contributed by atoms with Crippen LogP contribution in [0.5, 0.6) is 5.75 Å². The molecule has 5 nitrogen and oxygen atoms in total. The maximum absolute atomic E-state index is 12.1. The van der Waals surface area contributed by atoms with Crippen LogP contribution in [-0.2, 0) is 0 Å². The summed E-state index contributed by atoms with van der Waals surface area (Å²) in [6.45, 7) is 1.71. The number of halogens is 1. The number of carbonyl (C=O) groups is 2. The van der Waals surface area contributed by atoms with Crippen molar-refractivity contribution in [1.29, 1.82) is 0 Å². The van der Waals surface area contributed by atoms with E-state index in [1.165, 1.54) is 24.3 Å². The van der Waals surface area contributed by atoms with Crippen molar-refractivity contribution in [2.24, 2.45) is 0 Å². The third kappa shape index (κ3) is 3.41. The zero-order chi connectivity index (χ0) is 15.6. The fraction of sp³-hybridized carbons (Fsp3) is 0.0667. The van der Waals surface area contributed by atoms with E-state index in [-0.39, 0.29) is 17.2 Å². The number of hydrogen-bond acceptors (Lipinski definition) is 3. The predicted octanol–water partition coefficient (Wildman–Crippen LogP) is 3.41. The molecule has 0 saturated carbocycles. The van der Waals surface area contributed by atoms with Crippen LogP contribution in [0.3, 0.4) is 0 Å². The van der Waals surface area contributed by atoms with Crippen LogP contribution >= 0.6 is 15.9 Å². The summed E-state index contributed by atoms with van der Waals surface area (Å²) < 4.78 is 0.501. The number of rotatable bonds is 3. The number of nitrogens with one attached hydrogen (secondary N) is 1. The van der Waals surface area contributed by atoms with E-state index in [0.29, 0.717) is 21.3 Å². The third-order valence-electron chi connectivity index (χ3n) is 2.93. The third-order valence-corrected chi connectivity index (χ3v) is 3.60. The highest BCUT2D eigenvalue weighted by molar-refractivity contribution is 9.10. The van der Waals surface area contributed by atoms with Crippen LogP contribution in [0.15, 0.2) is 40.9 Å². The molecule has 0 aliphatic rings. The van der Waals surface area contributed by atoms with Crippen molar-refractivity contribution < 1.29 is 19.8 Å². The van der Waals surface area contributed by atoms with Gasteiger partial charge >= 0.3 is 5.97 Å². The molecule has 2 aromatic carbocycles. The molecular formula is C15H12BrNO4. The summed E-state index contributed by atoms with van der Waals surface area (Å²) in [6, 6.07) is 8.93. The summed E-state index contributed by atoms with van der Waals surface area (Å²) in [7, 11) is 0. The minimum absolute atomic E-state index is 0.0272. The lowest BCUT2D eigenvalue weighted by molar-refractivity contribution is 0.0696. The van der Waals surface area contributed by atoms with Crippen molar-refractivity contribution in [2.75, 3.05) is 5.32 Å². The molecule has 0 spiro atoms. The molecule has 0 atom stereocenters. The number of benzene rings is 2. The average Bonchev–Trinajstić information content (AvgIpc) is 2.43. The highest BCUT2D eigenvalue weighted by Crippen LogP contribution is 2.25. The van der Waals surface area contributed by atoms with Crippen molar-refractivity contribution in [2.45, 2.75) is 6.92 Å². The number of amides is 1. The number of phenols is 1. The first kappa shape index (κ1) is 15.1. The molecule has 0 saturated heterocycles. The van der Waals surface area contributed by atoms with Gasteiger partial charge in [-0.15, -0.1) is 0 Å². The fourth-order valence-electron chi connectivity index (χ4n) is 1.79. The minimum atomic E-state index is -1.02. The van der Waals surface area contributed by atoms with Crippen LogP contribution in [0.25, 0.3) is 0 Å². The molecule has 0 bridgehead atoms. The van der Waals surface area contributed by atoms with Gasteiger partial charge in [-0.1, -0.05) is 0 Å². The number of carbonyl (C=O) groups excluding carboxylic acids is 1. The van der Waals surface area contributed by atoms with Crippen molar-refractivity contribution in [3.63, 3.8) is 0 Å². The number of hydrogen-bond donors (Lipinski definition) is 3. The van der Waals surface area contributed by atoms with Gasteiger partial charge in [-0.3, -0.25) is 4.79 Å². The van der Waals surface area contributed by atoms with E-state index in [2.05, 4.69) is 21.2 Å². The number of anilines is 1. The Hall–Kier alpha value is -2.34. The molecule has 6 heteroatoms. The van der Waals surface area contributed by atoms with Crippen molar-refractivity contribution in [3.8, 4) is 5.75 Å². The molecule has 0 unspecified atom stereocenters. The first-order chi connectivity index (χ1) is 9.88. The Balaban J connectivity index is 2.23. The Kier molecular flexibility index (Phi) is 4.28. The first-order valence-electron chi connectivity index (χ1n) is 6.02. The van der Waals surface area contributed by atoms with Crippen molar-refractivity contribution in [3.05, 3.63) is 57.6 Å². The van der Waals surface area contributed by atoms with Crippen LogP contribution in [-0.4, -0.2) is 22.1 Å². The minimum Gasteiger partial charge on any atom is -0.507 e. The number of aryl methyl sites for hydroxylation is 1. The maximum atomic E-state index is 12.1. The SMILES string of the molecule is Cc1cc(C(=O)O)ccc1NC(=O)c1ccc(Br)c(O)c1. The van der Waals surface area contributed by atoms with Gasteiger partial charge in [0.2, 0.25) is 0 Å². The number of carboxylic acid groups (broad SMARTS) is 1. The second-order valence-electron chi connectivity index (χ2n) is 4.46. The van der Waals surface area contributed by atoms with Gasteiger partial charge in [0.1, 0.15) is 5.75 Å². The van der Waals surface area contributed by atoms with E-state index in [1.54, 1.807) is 19.1 Å². The van der Waals surface area contributed by atoms with Gasteiger partial charge in [0.25, 0.3) is 5.91 Å². The Labute approximate surface area is 129 Å². The van der Waals surface area contributed by atoms with Gasteiger partial charge in [0.15, 0.2) is 0 Å². The molecule has 0 aliphatic carbocycles. The molecule has 1 amide bonds. The Bertz CT molecular complexity index is 728.